The Morgan fingerprint density at radius 3 is 2.00 bits per heavy atom. The largest absolute Gasteiger partial charge is 0.508 e. The zero-order valence-electron chi connectivity index (χ0n) is 17.3. The number of hydrogen-bond donors (Lipinski definition) is 3. The molecular formula is C24H21NO7S. The second-order valence-corrected chi connectivity index (χ2v) is 9.04. The van der Waals surface area contributed by atoms with E-state index in [1.54, 1.807) is 0 Å². The summed E-state index contributed by atoms with van der Waals surface area (Å²) < 4.78 is 37.4. The second kappa shape index (κ2) is 9.05. The van der Waals surface area contributed by atoms with Gasteiger partial charge in [-0.1, -0.05) is 60.7 Å². The smallest absolute Gasteiger partial charge is 0.407 e. The third kappa shape index (κ3) is 4.89. The van der Waals surface area contributed by atoms with E-state index < -0.39 is 27.4 Å². The first kappa shape index (κ1) is 22.5. The van der Waals surface area contributed by atoms with Gasteiger partial charge in [0, 0.05) is 12.3 Å². The van der Waals surface area contributed by atoms with Gasteiger partial charge in [0.25, 0.3) is 5.12 Å². The van der Waals surface area contributed by atoms with Gasteiger partial charge in [0.2, 0.25) is 0 Å². The predicted molar refractivity (Wildman–Crippen MR) is 120 cm³/mol. The molecule has 1 atom stereocenters. The minimum atomic E-state index is -5.05. The zero-order valence-corrected chi connectivity index (χ0v) is 18.2. The van der Waals surface area contributed by atoms with Crippen molar-refractivity contribution in [1.82, 2.24) is 5.32 Å². The number of hydrogen-bond acceptors (Lipinski definition) is 6. The molecule has 1 unspecified atom stereocenters. The Kier molecular flexibility index (Phi) is 6.17. The van der Waals surface area contributed by atoms with Gasteiger partial charge in [-0.25, -0.2) is 4.79 Å². The first-order valence-electron chi connectivity index (χ1n) is 10.1. The molecule has 4 rings (SSSR count). The van der Waals surface area contributed by atoms with Crippen molar-refractivity contribution in [2.45, 2.75) is 18.4 Å². The Morgan fingerprint density at radius 2 is 1.45 bits per heavy atom. The van der Waals surface area contributed by atoms with Gasteiger partial charge in [-0.2, -0.15) is 8.42 Å². The number of alkyl carbamates (subject to hydrolysis) is 1. The van der Waals surface area contributed by atoms with E-state index in [1.165, 1.54) is 24.3 Å². The Bertz CT molecular complexity index is 1260. The summed E-state index contributed by atoms with van der Waals surface area (Å²) in [6.45, 7) is -0.0220. The Labute approximate surface area is 190 Å². The van der Waals surface area contributed by atoms with Crippen LogP contribution < -0.4 is 5.32 Å². The SMILES string of the molecule is O=C(NC(Cc1ccc(O)cc1)C(=O)S(=O)(=O)O)OCC1c2ccccc2-c2ccccc21. The highest BCUT2D eigenvalue weighted by molar-refractivity contribution is 8.01. The highest BCUT2D eigenvalue weighted by atomic mass is 32.2. The number of rotatable bonds is 6. The van der Waals surface area contributed by atoms with Crippen molar-refractivity contribution in [2.75, 3.05) is 6.61 Å². The van der Waals surface area contributed by atoms with Gasteiger partial charge in [0.15, 0.2) is 0 Å². The number of carbonyl (C=O) groups excluding carboxylic acids is 2. The molecule has 0 radical (unpaired) electrons. The quantitative estimate of drug-likeness (QED) is 0.475. The van der Waals surface area contributed by atoms with Crippen LogP contribution in [0.2, 0.25) is 0 Å². The van der Waals surface area contributed by atoms with Gasteiger partial charge >= 0.3 is 16.2 Å². The highest BCUT2D eigenvalue weighted by Gasteiger charge is 2.33. The van der Waals surface area contributed by atoms with E-state index in [0.29, 0.717) is 5.56 Å². The number of ether oxygens (including phenoxy) is 1. The van der Waals surface area contributed by atoms with Crippen LogP contribution in [0.5, 0.6) is 5.75 Å². The Hall–Kier alpha value is -3.69. The van der Waals surface area contributed by atoms with Gasteiger partial charge in [-0.3, -0.25) is 9.35 Å². The third-order valence-corrected chi connectivity index (χ3v) is 6.34. The molecule has 1 aliphatic carbocycles. The molecule has 170 valence electrons. The monoisotopic (exact) mass is 467 g/mol. The van der Waals surface area contributed by atoms with E-state index in [0.717, 1.165) is 22.3 Å². The lowest BCUT2D eigenvalue weighted by atomic mass is 9.98. The van der Waals surface area contributed by atoms with Crippen LogP contribution >= 0.6 is 0 Å². The van der Waals surface area contributed by atoms with Crippen LogP contribution in [0.1, 0.15) is 22.6 Å². The fraction of sp³-hybridized carbons (Fsp3) is 0.167. The molecule has 0 heterocycles. The van der Waals surface area contributed by atoms with Crippen LogP contribution in [-0.4, -0.2) is 41.9 Å². The van der Waals surface area contributed by atoms with E-state index in [1.807, 2.05) is 48.5 Å². The number of phenols is 1. The van der Waals surface area contributed by atoms with E-state index in [2.05, 4.69) is 5.32 Å². The second-order valence-electron chi connectivity index (χ2n) is 7.69. The molecule has 3 aromatic carbocycles. The van der Waals surface area contributed by atoms with Crippen LogP contribution in [0.25, 0.3) is 11.1 Å². The summed E-state index contributed by atoms with van der Waals surface area (Å²) in [6, 6.07) is 19.6. The molecule has 0 saturated carbocycles. The molecule has 1 aliphatic rings. The van der Waals surface area contributed by atoms with Crippen molar-refractivity contribution >= 4 is 21.3 Å². The molecule has 0 fully saturated rings. The number of phenolic OH excluding ortho intramolecular Hbond substituents is 1. The first-order valence-corrected chi connectivity index (χ1v) is 11.6. The van der Waals surface area contributed by atoms with Gasteiger partial charge in [-0.15, -0.1) is 0 Å². The number of carbonyl (C=O) groups is 2. The third-order valence-electron chi connectivity index (χ3n) is 5.55. The summed E-state index contributed by atoms with van der Waals surface area (Å²) in [4.78, 5) is 24.7. The minimum Gasteiger partial charge on any atom is -0.508 e. The molecule has 0 spiro atoms. The highest BCUT2D eigenvalue weighted by Crippen LogP contribution is 2.44. The Balaban J connectivity index is 1.49. The predicted octanol–water partition coefficient (Wildman–Crippen LogP) is 3.26. The van der Waals surface area contributed by atoms with Gasteiger partial charge in [0.1, 0.15) is 18.4 Å². The normalized spacial score (nSPS) is 13.6. The number of benzene rings is 3. The molecule has 0 aliphatic heterocycles. The van der Waals surface area contributed by atoms with E-state index in [9.17, 15) is 27.7 Å². The van der Waals surface area contributed by atoms with Crippen molar-refractivity contribution < 1.29 is 32.4 Å². The summed E-state index contributed by atoms with van der Waals surface area (Å²) in [5.41, 5.74) is 4.57. The topological polar surface area (TPSA) is 130 Å². The van der Waals surface area contributed by atoms with Crippen molar-refractivity contribution in [3.8, 4) is 16.9 Å². The van der Waals surface area contributed by atoms with Crippen LogP contribution in [-0.2, 0) is 26.1 Å². The average molecular weight is 467 g/mol. The maximum absolute atomic E-state index is 12.5. The van der Waals surface area contributed by atoms with Crippen molar-refractivity contribution in [3.63, 3.8) is 0 Å². The van der Waals surface area contributed by atoms with Crippen LogP contribution in [0.15, 0.2) is 72.8 Å². The lowest BCUT2D eigenvalue weighted by Gasteiger charge is -2.18. The molecule has 3 aromatic rings. The minimum absolute atomic E-state index is 0.0131. The molecule has 0 saturated heterocycles. The molecule has 1 amide bonds. The number of fused-ring (bicyclic) bond motifs is 3. The standard InChI is InChI=1S/C24H21NO7S/c26-16-11-9-15(10-12-16)13-22(23(27)33(29,30)31)25-24(28)32-14-21-19-7-3-1-5-17(19)18-6-2-4-8-20(18)21/h1-12,21-22,26H,13-14H2,(H,25,28)(H,29,30,31). The first-order chi connectivity index (χ1) is 15.7. The lowest BCUT2D eigenvalue weighted by molar-refractivity contribution is -0.114. The Morgan fingerprint density at radius 1 is 0.909 bits per heavy atom. The number of nitrogens with one attached hydrogen (secondary N) is 1. The molecule has 33 heavy (non-hydrogen) atoms. The van der Waals surface area contributed by atoms with Gasteiger partial charge < -0.3 is 15.2 Å². The molecule has 9 heteroatoms. The lowest BCUT2D eigenvalue weighted by Crippen LogP contribution is -2.45. The summed E-state index contributed by atoms with van der Waals surface area (Å²) >= 11 is 0. The molecule has 0 aromatic heterocycles. The van der Waals surface area contributed by atoms with E-state index in [4.69, 9.17) is 4.74 Å². The zero-order chi connectivity index (χ0) is 23.6. The van der Waals surface area contributed by atoms with E-state index in [-0.39, 0.29) is 24.7 Å². The summed E-state index contributed by atoms with van der Waals surface area (Å²) in [5.74, 6) is -0.225. The average Bonchev–Trinajstić information content (AvgIpc) is 3.11. The number of aromatic hydroxyl groups is 1. The molecule has 3 N–H and O–H groups in total. The molecular weight excluding hydrogens is 446 g/mol. The van der Waals surface area contributed by atoms with Crippen molar-refractivity contribution in [2.24, 2.45) is 0 Å². The summed E-state index contributed by atoms with van der Waals surface area (Å²) in [5, 5.41) is 10.1. The van der Waals surface area contributed by atoms with Crippen LogP contribution in [0, 0.1) is 0 Å². The summed E-state index contributed by atoms with van der Waals surface area (Å²) in [6.07, 6.45) is -1.21. The van der Waals surface area contributed by atoms with E-state index >= 15 is 0 Å². The van der Waals surface area contributed by atoms with Crippen molar-refractivity contribution in [3.05, 3.63) is 89.5 Å². The fourth-order valence-corrected chi connectivity index (χ4v) is 4.52. The summed E-state index contributed by atoms with van der Waals surface area (Å²) in [7, 11) is -5.05. The van der Waals surface area contributed by atoms with Gasteiger partial charge in [-0.05, 0) is 39.9 Å². The molecule has 0 bridgehead atoms. The van der Waals surface area contributed by atoms with Gasteiger partial charge in [0.05, 0.1) is 0 Å². The number of amides is 1. The fourth-order valence-electron chi connectivity index (χ4n) is 4.02. The van der Waals surface area contributed by atoms with Crippen LogP contribution in [0.4, 0.5) is 4.79 Å². The molecule has 8 nitrogen and oxygen atoms in total. The van der Waals surface area contributed by atoms with Crippen LogP contribution in [0.3, 0.4) is 0 Å². The maximum Gasteiger partial charge on any atom is 0.407 e. The van der Waals surface area contributed by atoms with Crippen molar-refractivity contribution in [1.29, 1.82) is 0 Å². The maximum atomic E-state index is 12.5.